The van der Waals surface area contributed by atoms with Crippen molar-refractivity contribution in [1.82, 2.24) is 15.0 Å². The van der Waals surface area contributed by atoms with Crippen molar-refractivity contribution >= 4 is 10.0 Å². The second-order valence-corrected chi connectivity index (χ2v) is 6.63. The maximum Gasteiger partial charge on any atom is 0.258 e. The van der Waals surface area contributed by atoms with Gasteiger partial charge in [-0.15, -0.1) is 0 Å². The Morgan fingerprint density at radius 3 is 2.74 bits per heavy atom. The van der Waals surface area contributed by atoms with Crippen LogP contribution < -0.4 is 10.0 Å². The molecule has 0 spiro atoms. The molecule has 106 valence electrons. The van der Waals surface area contributed by atoms with Crippen molar-refractivity contribution in [3.8, 4) is 0 Å². The molecule has 1 heterocycles. The van der Waals surface area contributed by atoms with Crippen LogP contribution in [0.3, 0.4) is 0 Å². The molecule has 2 rings (SSSR count). The summed E-state index contributed by atoms with van der Waals surface area (Å²) in [6, 6.07) is 3.36. The summed E-state index contributed by atoms with van der Waals surface area (Å²) in [7, 11) is -3.45. The van der Waals surface area contributed by atoms with Gasteiger partial charge in [-0.25, -0.2) is 18.1 Å². The highest BCUT2D eigenvalue weighted by Gasteiger charge is 2.22. The van der Waals surface area contributed by atoms with Gasteiger partial charge in [0.05, 0.1) is 0 Å². The van der Waals surface area contributed by atoms with Crippen LogP contribution in [-0.2, 0) is 16.6 Å². The van der Waals surface area contributed by atoms with Crippen molar-refractivity contribution in [3.05, 3.63) is 23.9 Å². The fourth-order valence-corrected chi connectivity index (χ4v) is 2.79. The van der Waals surface area contributed by atoms with Crippen molar-refractivity contribution in [2.75, 3.05) is 13.1 Å². The van der Waals surface area contributed by atoms with Crippen molar-refractivity contribution in [2.24, 2.45) is 5.92 Å². The quantitative estimate of drug-likeness (QED) is 0.753. The molecule has 1 fully saturated rings. The van der Waals surface area contributed by atoms with Gasteiger partial charge < -0.3 is 5.32 Å². The summed E-state index contributed by atoms with van der Waals surface area (Å²) >= 11 is 0. The fraction of sp³-hybridized carbons (Fsp3) is 0.615. The van der Waals surface area contributed by atoms with Crippen LogP contribution in [0.5, 0.6) is 0 Å². The lowest BCUT2D eigenvalue weighted by molar-refractivity contribution is 0.571. The second-order valence-electron chi connectivity index (χ2n) is 4.91. The lowest BCUT2D eigenvalue weighted by Crippen LogP contribution is -2.26. The fourth-order valence-electron chi connectivity index (χ4n) is 1.82. The van der Waals surface area contributed by atoms with E-state index in [-0.39, 0.29) is 5.03 Å². The molecule has 0 atom stereocenters. The summed E-state index contributed by atoms with van der Waals surface area (Å²) in [5.74, 6) is 0.721. The zero-order valence-corrected chi connectivity index (χ0v) is 12.0. The average molecular weight is 283 g/mol. The molecule has 1 aliphatic carbocycles. The van der Waals surface area contributed by atoms with Crippen molar-refractivity contribution in [2.45, 2.75) is 37.8 Å². The summed E-state index contributed by atoms with van der Waals surface area (Å²) in [5, 5.41) is 3.27. The Bertz CT molecular complexity index is 495. The minimum atomic E-state index is -3.45. The van der Waals surface area contributed by atoms with Gasteiger partial charge in [-0.05, 0) is 30.5 Å². The highest BCUT2D eigenvalue weighted by Crippen LogP contribution is 2.31. The van der Waals surface area contributed by atoms with Crippen LogP contribution in [0.4, 0.5) is 0 Å². The minimum Gasteiger partial charge on any atom is -0.313 e. The largest absolute Gasteiger partial charge is 0.313 e. The molecular weight excluding hydrogens is 262 g/mol. The van der Waals surface area contributed by atoms with Gasteiger partial charge in [-0.3, -0.25) is 0 Å². The molecule has 0 saturated heterocycles. The Balaban J connectivity index is 1.90. The Labute approximate surface area is 114 Å². The predicted molar refractivity (Wildman–Crippen MR) is 74.1 cm³/mol. The standard InChI is InChI=1S/C13H21N3O2S/c1-2-14-9-12-5-6-13(15-10-12)19(17,18)16-8-7-11-3-4-11/h5-6,10-11,14,16H,2-4,7-9H2,1H3. The third kappa shape index (κ3) is 4.56. The van der Waals surface area contributed by atoms with Gasteiger partial charge in [-0.2, -0.15) is 0 Å². The summed E-state index contributed by atoms with van der Waals surface area (Å²) in [4.78, 5) is 4.03. The highest BCUT2D eigenvalue weighted by molar-refractivity contribution is 7.89. The Morgan fingerprint density at radius 2 is 2.16 bits per heavy atom. The van der Waals surface area contributed by atoms with Crippen molar-refractivity contribution in [3.63, 3.8) is 0 Å². The van der Waals surface area contributed by atoms with Gasteiger partial charge in [0.2, 0.25) is 0 Å². The molecule has 0 unspecified atom stereocenters. The monoisotopic (exact) mass is 283 g/mol. The zero-order chi connectivity index (χ0) is 13.7. The molecule has 1 aromatic heterocycles. The molecule has 19 heavy (non-hydrogen) atoms. The molecule has 0 aliphatic heterocycles. The van der Waals surface area contributed by atoms with E-state index < -0.39 is 10.0 Å². The van der Waals surface area contributed by atoms with Crippen LogP contribution in [0.1, 0.15) is 31.7 Å². The molecular formula is C13H21N3O2S. The van der Waals surface area contributed by atoms with Crippen LogP contribution in [0.15, 0.2) is 23.4 Å². The maximum absolute atomic E-state index is 12.0. The molecule has 0 radical (unpaired) electrons. The van der Waals surface area contributed by atoms with Crippen LogP contribution in [0.25, 0.3) is 0 Å². The summed E-state index contributed by atoms with van der Waals surface area (Å²) in [6.45, 7) is 4.12. The number of nitrogens with one attached hydrogen (secondary N) is 2. The lowest BCUT2D eigenvalue weighted by atomic mass is 10.3. The Hall–Kier alpha value is -0.980. The van der Waals surface area contributed by atoms with Gasteiger partial charge in [0.15, 0.2) is 5.03 Å². The van der Waals surface area contributed by atoms with E-state index in [2.05, 4.69) is 15.0 Å². The van der Waals surface area contributed by atoms with E-state index in [0.29, 0.717) is 13.1 Å². The van der Waals surface area contributed by atoms with Gasteiger partial charge >= 0.3 is 0 Å². The topological polar surface area (TPSA) is 71.1 Å². The summed E-state index contributed by atoms with van der Waals surface area (Å²) < 4.78 is 26.5. The molecule has 0 amide bonds. The van der Waals surface area contributed by atoms with Gasteiger partial charge in [0.25, 0.3) is 10.0 Å². The van der Waals surface area contributed by atoms with Gasteiger partial charge in [0, 0.05) is 19.3 Å². The number of rotatable bonds is 8. The van der Waals surface area contributed by atoms with Crippen LogP contribution >= 0.6 is 0 Å². The zero-order valence-electron chi connectivity index (χ0n) is 11.2. The molecule has 1 aliphatic rings. The lowest BCUT2D eigenvalue weighted by Gasteiger charge is -2.06. The summed E-state index contributed by atoms with van der Waals surface area (Å²) in [5.41, 5.74) is 0.985. The first kappa shape index (κ1) is 14.4. The SMILES string of the molecule is CCNCc1ccc(S(=O)(=O)NCCC2CC2)nc1. The van der Waals surface area contributed by atoms with E-state index >= 15 is 0 Å². The van der Waals surface area contributed by atoms with E-state index in [0.717, 1.165) is 24.4 Å². The Kier molecular flexibility index (Phi) is 4.90. The first-order chi connectivity index (χ1) is 9.12. The van der Waals surface area contributed by atoms with Crippen LogP contribution in [-0.4, -0.2) is 26.5 Å². The Morgan fingerprint density at radius 1 is 1.37 bits per heavy atom. The average Bonchev–Trinajstić information content (AvgIpc) is 3.21. The van der Waals surface area contributed by atoms with E-state index in [4.69, 9.17) is 0 Å². The first-order valence-corrected chi connectivity index (χ1v) is 8.25. The minimum absolute atomic E-state index is 0.101. The first-order valence-electron chi connectivity index (χ1n) is 6.77. The van der Waals surface area contributed by atoms with E-state index in [1.807, 2.05) is 6.92 Å². The van der Waals surface area contributed by atoms with E-state index in [9.17, 15) is 8.42 Å². The molecule has 6 heteroatoms. The number of aromatic nitrogens is 1. The van der Waals surface area contributed by atoms with E-state index in [1.165, 1.54) is 12.8 Å². The van der Waals surface area contributed by atoms with Crippen LogP contribution in [0.2, 0.25) is 0 Å². The number of hydrogen-bond donors (Lipinski definition) is 2. The van der Waals surface area contributed by atoms with Crippen LogP contribution in [0, 0.1) is 5.92 Å². The molecule has 1 saturated carbocycles. The number of pyridine rings is 1. The third-order valence-corrected chi connectivity index (χ3v) is 4.57. The molecule has 0 bridgehead atoms. The predicted octanol–water partition coefficient (Wildman–Crippen LogP) is 1.27. The van der Waals surface area contributed by atoms with Crippen molar-refractivity contribution in [1.29, 1.82) is 0 Å². The molecule has 0 aromatic carbocycles. The normalized spacial score (nSPS) is 15.6. The third-order valence-electron chi connectivity index (χ3n) is 3.19. The summed E-state index contributed by atoms with van der Waals surface area (Å²) in [6.07, 6.45) is 5.01. The molecule has 2 N–H and O–H groups in total. The number of nitrogens with zero attached hydrogens (tertiary/aromatic N) is 1. The maximum atomic E-state index is 12.0. The molecule has 5 nitrogen and oxygen atoms in total. The number of hydrogen-bond acceptors (Lipinski definition) is 4. The smallest absolute Gasteiger partial charge is 0.258 e. The highest BCUT2D eigenvalue weighted by atomic mass is 32.2. The van der Waals surface area contributed by atoms with Gasteiger partial charge in [0.1, 0.15) is 0 Å². The van der Waals surface area contributed by atoms with Gasteiger partial charge in [-0.1, -0.05) is 25.8 Å². The van der Waals surface area contributed by atoms with Crippen molar-refractivity contribution < 1.29 is 8.42 Å². The number of sulfonamides is 1. The second kappa shape index (κ2) is 6.45. The van der Waals surface area contributed by atoms with E-state index in [1.54, 1.807) is 18.3 Å². The molecule has 1 aromatic rings.